The molecule has 0 unspecified atom stereocenters. The van der Waals surface area contributed by atoms with Crippen molar-refractivity contribution in [3.63, 3.8) is 0 Å². The molecule has 120 valence electrons. The first-order chi connectivity index (χ1) is 11.0. The van der Waals surface area contributed by atoms with Crippen molar-refractivity contribution in [3.05, 3.63) is 58.0 Å². The lowest BCUT2D eigenvalue weighted by molar-refractivity contribution is -0.117. The highest BCUT2D eigenvalue weighted by atomic mass is 79.9. The molecule has 2 rings (SSSR count). The quantitative estimate of drug-likeness (QED) is 0.811. The zero-order chi connectivity index (χ0) is 16.8. The second-order valence-electron chi connectivity index (χ2n) is 4.95. The van der Waals surface area contributed by atoms with Gasteiger partial charge in [-0.15, -0.1) is 0 Å². The Morgan fingerprint density at radius 2 is 1.70 bits per heavy atom. The molecule has 1 N–H and O–H groups in total. The van der Waals surface area contributed by atoms with Crippen molar-refractivity contribution in [3.8, 4) is 0 Å². The molecule has 0 atom stereocenters. The van der Waals surface area contributed by atoms with E-state index in [-0.39, 0.29) is 18.2 Å². The SMILES string of the molecule is CC(=O)N(CCC(=O)Nc1ccc(Cl)cc1)c1ccc(Br)cc1. The number of hydrogen-bond donors (Lipinski definition) is 1. The number of nitrogens with one attached hydrogen (secondary N) is 1. The van der Waals surface area contributed by atoms with E-state index >= 15 is 0 Å². The Hall–Kier alpha value is -1.85. The van der Waals surface area contributed by atoms with E-state index in [0.717, 1.165) is 10.2 Å². The molecule has 0 aliphatic carbocycles. The lowest BCUT2D eigenvalue weighted by atomic mass is 10.2. The Morgan fingerprint density at radius 3 is 2.26 bits per heavy atom. The van der Waals surface area contributed by atoms with Crippen molar-refractivity contribution in [2.75, 3.05) is 16.8 Å². The maximum atomic E-state index is 12.0. The van der Waals surface area contributed by atoms with Crippen LogP contribution in [0.4, 0.5) is 11.4 Å². The maximum absolute atomic E-state index is 12.0. The van der Waals surface area contributed by atoms with Gasteiger partial charge in [-0.2, -0.15) is 0 Å². The molecule has 0 aromatic heterocycles. The normalized spacial score (nSPS) is 10.2. The molecule has 0 fully saturated rings. The van der Waals surface area contributed by atoms with Gasteiger partial charge < -0.3 is 10.2 Å². The number of carbonyl (C=O) groups excluding carboxylic acids is 2. The monoisotopic (exact) mass is 394 g/mol. The van der Waals surface area contributed by atoms with Gasteiger partial charge in [-0.3, -0.25) is 9.59 Å². The van der Waals surface area contributed by atoms with Gasteiger partial charge in [0.15, 0.2) is 0 Å². The number of carbonyl (C=O) groups is 2. The summed E-state index contributed by atoms with van der Waals surface area (Å²) in [5, 5.41) is 3.39. The molecule has 0 bridgehead atoms. The summed E-state index contributed by atoms with van der Waals surface area (Å²) in [5.74, 6) is -0.262. The lowest BCUT2D eigenvalue weighted by Crippen LogP contribution is -2.31. The minimum atomic E-state index is -0.157. The maximum Gasteiger partial charge on any atom is 0.226 e. The van der Waals surface area contributed by atoms with Crippen LogP contribution in [-0.2, 0) is 9.59 Å². The van der Waals surface area contributed by atoms with Crippen LogP contribution < -0.4 is 10.2 Å². The Bertz CT molecular complexity index is 687. The van der Waals surface area contributed by atoms with Crippen molar-refractivity contribution in [2.45, 2.75) is 13.3 Å². The Morgan fingerprint density at radius 1 is 1.09 bits per heavy atom. The van der Waals surface area contributed by atoms with Crippen molar-refractivity contribution in [1.29, 1.82) is 0 Å². The van der Waals surface area contributed by atoms with Gasteiger partial charge in [0.05, 0.1) is 0 Å². The largest absolute Gasteiger partial charge is 0.326 e. The van der Waals surface area contributed by atoms with Crippen LogP contribution in [-0.4, -0.2) is 18.4 Å². The summed E-state index contributed by atoms with van der Waals surface area (Å²) < 4.78 is 0.935. The minimum Gasteiger partial charge on any atom is -0.326 e. The van der Waals surface area contributed by atoms with E-state index in [0.29, 0.717) is 17.3 Å². The first-order valence-electron chi connectivity index (χ1n) is 7.05. The number of amides is 2. The molecule has 0 heterocycles. The third kappa shape index (κ3) is 5.37. The minimum absolute atomic E-state index is 0.105. The van der Waals surface area contributed by atoms with E-state index in [1.54, 1.807) is 29.2 Å². The fourth-order valence-corrected chi connectivity index (χ4v) is 2.45. The number of hydrogen-bond acceptors (Lipinski definition) is 2. The van der Waals surface area contributed by atoms with E-state index in [4.69, 9.17) is 11.6 Å². The molecule has 23 heavy (non-hydrogen) atoms. The summed E-state index contributed by atoms with van der Waals surface area (Å²) in [4.78, 5) is 25.4. The molecular weight excluding hydrogens is 380 g/mol. The summed E-state index contributed by atoms with van der Waals surface area (Å²) in [6, 6.07) is 14.3. The van der Waals surface area contributed by atoms with Crippen molar-refractivity contribution >= 4 is 50.7 Å². The molecule has 4 nitrogen and oxygen atoms in total. The highest BCUT2D eigenvalue weighted by Gasteiger charge is 2.13. The zero-order valence-electron chi connectivity index (χ0n) is 12.6. The number of anilines is 2. The van der Waals surface area contributed by atoms with Gasteiger partial charge in [0.2, 0.25) is 11.8 Å². The van der Waals surface area contributed by atoms with Gasteiger partial charge in [0.1, 0.15) is 0 Å². The fourth-order valence-electron chi connectivity index (χ4n) is 2.06. The second-order valence-corrected chi connectivity index (χ2v) is 6.30. The third-order valence-electron chi connectivity index (χ3n) is 3.21. The summed E-state index contributed by atoms with van der Waals surface area (Å²) >= 11 is 9.16. The number of halogens is 2. The van der Waals surface area contributed by atoms with Crippen molar-refractivity contribution in [1.82, 2.24) is 0 Å². The first-order valence-corrected chi connectivity index (χ1v) is 8.22. The Labute approximate surface area is 148 Å². The first kappa shape index (κ1) is 17.5. The second kappa shape index (κ2) is 8.13. The van der Waals surface area contributed by atoms with Crippen LogP contribution in [0.15, 0.2) is 53.0 Å². The van der Waals surface area contributed by atoms with E-state index in [1.807, 2.05) is 24.3 Å². The van der Waals surface area contributed by atoms with E-state index in [9.17, 15) is 9.59 Å². The summed E-state index contributed by atoms with van der Waals surface area (Å²) in [5.41, 5.74) is 1.44. The zero-order valence-corrected chi connectivity index (χ0v) is 14.9. The highest BCUT2D eigenvalue weighted by molar-refractivity contribution is 9.10. The molecule has 6 heteroatoms. The van der Waals surface area contributed by atoms with Crippen LogP contribution in [0.1, 0.15) is 13.3 Å². The number of nitrogens with zero attached hydrogens (tertiary/aromatic N) is 1. The molecule has 0 spiro atoms. The number of rotatable bonds is 5. The Balaban J connectivity index is 1.95. The van der Waals surface area contributed by atoms with Gasteiger partial charge in [0, 0.05) is 40.8 Å². The molecular formula is C17H16BrClN2O2. The molecule has 2 aromatic carbocycles. The third-order valence-corrected chi connectivity index (χ3v) is 3.99. The molecule has 0 saturated carbocycles. The smallest absolute Gasteiger partial charge is 0.226 e. The molecule has 0 saturated heterocycles. The predicted molar refractivity (Wildman–Crippen MR) is 96.9 cm³/mol. The highest BCUT2D eigenvalue weighted by Crippen LogP contribution is 2.19. The van der Waals surface area contributed by atoms with Gasteiger partial charge in [-0.1, -0.05) is 27.5 Å². The van der Waals surface area contributed by atoms with Crippen LogP contribution in [0.5, 0.6) is 0 Å². The summed E-state index contributed by atoms with van der Waals surface area (Å²) in [7, 11) is 0. The van der Waals surface area contributed by atoms with E-state index in [2.05, 4.69) is 21.2 Å². The standard InChI is InChI=1S/C17H16BrClN2O2/c1-12(22)21(16-8-2-13(18)3-9-16)11-10-17(23)20-15-6-4-14(19)5-7-15/h2-9H,10-11H2,1H3,(H,20,23). The van der Waals surface area contributed by atoms with Crippen molar-refractivity contribution in [2.24, 2.45) is 0 Å². The van der Waals surface area contributed by atoms with Gasteiger partial charge in [-0.25, -0.2) is 0 Å². The van der Waals surface area contributed by atoms with Gasteiger partial charge in [0.25, 0.3) is 0 Å². The van der Waals surface area contributed by atoms with Crippen LogP contribution in [0.25, 0.3) is 0 Å². The van der Waals surface area contributed by atoms with Gasteiger partial charge >= 0.3 is 0 Å². The molecule has 0 aliphatic rings. The summed E-state index contributed by atoms with van der Waals surface area (Å²) in [6.45, 7) is 1.80. The van der Waals surface area contributed by atoms with Crippen LogP contribution in [0.3, 0.4) is 0 Å². The van der Waals surface area contributed by atoms with E-state index in [1.165, 1.54) is 6.92 Å². The van der Waals surface area contributed by atoms with E-state index < -0.39 is 0 Å². The molecule has 0 aliphatic heterocycles. The van der Waals surface area contributed by atoms with Crippen molar-refractivity contribution < 1.29 is 9.59 Å². The number of benzene rings is 2. The average Bonchev–Trinajstić information content (AvgIpc) is 2.51. The fraction of sp³-hybridized carbons (Fsp3) is 0.176. The molecule has 2 aromatic rings. The predicted octanol–water partition coefficient (Wildman–Crippen LogP) is 4.48. The van der Waals surface area contributed by atoms with Crippen LogP contribution in [0.2, 0.25) is 5.02 Å². The topological polar surface area (TPSA) is 49.4 Å². The Kier molecular flexibility index (Phi) is 6.19. The molecule has 0 radical (unpaired) electrons. The lowest BCUT2D eigenvalue weighted by Gasteiger charge is -2.21. The average molecular weight is 396 g/mol. The van der Waals surface area contributed by atoms with Crippen LogP contribution in [0, 0.1) is 0 Å². The van der Waals surface area contributed by atoms with Crippen LogP contribution >= 0.6 is 27.5 Å². The molecule has 2 amide bonds. The van der Waals surface area contributed by atoms with Gasteiger partial charge in [-0.05, 0) is 48.5 Å². The summed E-state index contributed by atoms with van der Waals surface area (Å²) in [6.07, 6.45) is 0.207.